The van der Waals surface area contributed by atoms with E-state index in [1.165, 1.54) is 7.11 Å². The number of methoxy groups -OCH3 is 1. The normalized spacial score (nSPS) is 19.0. The second kappa shape index (κ2) is 7.05. The number of nitrogens with two attached hydrogens (primary N) is 1. The molecule has 9 heteroatoms. The maximum absolute atomic E-state index is 12.4. The van der Waals surface area contributed by atoms with Gasteiger partial charge < -0.3 is 15.6 Å². The Morgan fingerprint density at radius 2 is 2.00 bits per heavy atom. The van der Waals surface area contributed by atoms with Crippen LogP contribution in [0.25, 0.3) is 0 Å². The van der Waals surface area contributed by atoms with Gasteiger partial charge in [-0.1, -0.05) is 0 Å². The first-order valence-electron chi connectivity index (χ1n) is 7.53. The van der Waals surface area contributed by atoms with Crippen LogP contribution in [-0.2, 0) is 4.79 Å². The summed E-state index contributed by atoms with van der Waals surface area (Å²) in [6.45, 7) is 0. The van der Waals surface area contributed by atoms with Crippen molar-refractivity contribution >= 4 is 45.0 Å². The van der Waals surface area contributed by atoms with Crippen LogP contribution in [0.4, 0.5) is 5.69 Å². The first-order valence-corrected chi connectivity index (χ1v) is 8.76. The molecule has 3 rings (SSSR count). The van der Waals surface area contributed by atoms with Crippen molar-refractivity contribution in [2.24, 2.45) is 0 Å². The molecule has 26 heavy (non-hydrogen) atoms. The topological polar surface area (TPSA) is 105 Å². The molecular weight excluding hydrogens is 426 g/mol. The van der Waals surface area contributed by atoms with Gasteiger partial charge in [-0.3, -0.25) is 15.0 Å². The quantitative estimate of drug-likeness (QED) is 0.385. The molecule has 1 aliphatic heterocycles. The molecule has 0 unspecified atom stereocenters. The van der Waals surface area contributed by atoms with Gasteiger partial charge in [0.25, 0.3) is 11.8 Å². The van der Waals surface area contributed by atoms with Crippen LogP contribution >= 0.6 is 27.5 Å². The van der Waals surface area contributed by atoms with Gasteiger partial charge in [0.15, 0.2) is 11.5 Å². The van der Waals surface area contributed by atoms with Gasteiger partial charge in [-0.15, -0.1) is 11.6 Å². The number of β-lactam (4-membered cyclic amide) rings is 1. The Balaban J connectivity index is 1.86. The maximum Gasteiger partial charge on any atom is 0.269 e. The van der Waals surface area contributed by atoms with Gasteiger partial charge in [-0.2, -0.15) is 0 Å². The van der Waals surface area contributed by atoms with Crippen LogP contribution < -0.4 is 15.9 Å². The van der Waals surface area contributed by atoms with Crippen molar-refractivity contribution in [1.82, 2.24) is 10.4 Å². The number of hydrogen-bond donors (Lipinski definition) is 3. The third-order valence-corrected chi connectivity index (χ3v) is 5.07. The fourth-order valence-corrected chi connectivity index (χ4v) is 3.45. The number of amides is 2. The number of phenolic OH excluding ortho intramolecular Hbond substituents is 1. The molecule has 2 atom stereocenters. The number of phenols is 1. The van der Waals surface area contributed by atoms with Gasteiger partial charge in [0.05, 0.1) is 11.6 Å². The minimum Gasteiger partial charge on any atom is -0.503 e. The van der Waals surface area contributed by atoms with Crippen molar-refractivity contribution < 1.29 is 19.4 Å². The van der Waals surface area contributed by atoms with Crippen LogP contribution in [0, 0.1) is 0 Å². The zero-order chi connectivity index (χ0) is 19.0. The molecule has 4 N–H and O–H groups in total. The Kier molecular flexibility index (Phi) is 4.97. The minimum atomic E-state index is -0.845. The van der Waals surface area contributed by atoms with Crippen molar-refractivity contribution in [3.8, 4) is 11.5 Å². The van der Waals surface area contributed by atoms with E-state index in [9.17, 15) is 14.7 Å². The molecule has 1 heterocycles. The summed E-state index contributed by atoms with van der Waals surface area (Å²) in [5.74, 6) is -0.728. The van der Waals surface area contributed by atoms with Crippen molar-refractivity contribution in [2.75, 3.05) is 12.8 Å². The van der Waals surface area contributed by atoms with Gasteiger partial charge in [-0.05, 0) is 57.9 Å². The predicted octanol–water partition coefficient (Wildman–Crippen LogP) is 2.58. The van der Waals surface area contributed by atoms with E-state index in [1.54, 1.807) is 36.4 Å². The lowest BCUT2D eigenvalue weighted by molar-refractivity contribution is -0.149. The summed E-state index contributed by atoms with van der Waals surface area (Å²) < 4.78 is 5.51. The number of nitrogens with one attached hydrogen (secondary N) is 1. The van der Waals surface area contributed by atoms with E-state index in [2.05, 4.69) is 21.4 Å². The third-order valence-electron chi connectivity index (χ3n) is 4.04. The van der Waals surface area contributed by atoms with E-state index in [1.807, 2.05) is 0 Å². The molecule has 1 aliphatic rings. The van der Waals surface area contributed by atoms with Crippen LogP contribution in [0.1, 0.15) is 22.0 Å². The fourth-order valence-electron chi connectivity index (χ4n) is 2.63. The highest BCUT2D eigenvalue weighted by molar-refractivity contribution is 9.10. The van der Waals surface area contributed by atoms with E-state index in [0.29, 0.717) is 21.3 Å². The highest BCUT2D eigenvalue weighted by Crippen LogP contribution is 2.43. The number of carbonyl (C=O) groups excluding carboxylic acids is 2. The van der Waals surface area contributed by atoms with Crippen LogP contribution in [0.15, 0.2) is 40.9 Å². The lowest BCUT2D eigenvalue weighted by Gasteiger charge is -2.44. The Bertz CT molecular complexity index is 875. The van der Waals surface area contributed by atoms with E-state index >= 15 is 0 Å². The molecule has 0 aliphatic carbocycles. The summed E-state index contributed by atoms with van der Waals surface area (Å²) >= 11 is 9.39. The fraction of sp³-hybridized carbons (Fsp3) is 0.176. The monoisotopic (exact) mass is 439 g/mol. The van der Waals surface area contributed by atoms with Gasteiger partial charge >= 0.3 is 0 Å². The number of carbonyl (C=O) groups is 2. The minimum absolute atomic E-state index is 0.0644. The number of nitrogens with zero attached hydrogens (tertiary/aromatic N) is 1. The van der Waals surface area contributed by atoms with Crippen molar-refractivity contribution in [2.45, 2.75) is 11.4 Å². The molecule has 0 spiro atoms. The molecule has 0 saturated carbocycles. The van der Waals surface area contributed by atoms with Gasteiger partial charge in [-0.25, -0.2) is 5.01 Å². The van der Waals surface area contributed by atoms with Crippen LogP contribution in [0.5, 0.6) is 11.5 Å². The molecular formula is C17H15BrClN3O4. The number of anilines is 1. The van der Waals surface area contributed by atoms with Gasteiger partial charge in [0.1, 0.15) is 11.4 Å². The number of hydrazine groups is 1. The van der Waals surface area contributed by atoms with E-state index in [-0.39, 0.29) is 11.5 Å². The van der Waals surface area contributed by atoms with Crippen molar-refractivity contribution in [1.29, 1.82) is 0 Å². The lowest BCUT2D eigenvalue weighted by Crippen LogP contribution is -2.63. The van der Waals surface area contributed by atoms with Crippen LogP contribution in [0.2, 0.25) is 0 Å². The standard InChI is InChI=1S/C17H15BrClN3O4/c1-26-12-7-9(6-11(18)15(12)23)14-13(19)17(25)22(14)21-16(24)8-2-4-10(20)5-3-8/h2-7,13-14,23H,20H2,1H3,(H,21,24)/t13-,14+/m0/s1. The summed E-state index contributed by atoms with van der Waals surface area (Å²) in [5.41, 5.74) is 9.64. The number of nitrogen functional groups attached to an aromatic ring is 1. The first kappa shape index (κ1) is 18.3. The third kappa shape index (κ3) is 3.17. The lowest BCUT2D eigenvalue weighted by atomic mass is 9.95. The molecule has 2 aromatic rings. The molecule has 2 amide bonds. The van der Waals surface area contributed by atoms with E-state index in [4.69, 9.17) is 22.1 Å². The second-order valence-corrected chi connectivity index (χ2v) is 7.00. The SMILES string of the molecule is COc1cc([C@@H]2[C@H](Cl)C(=O)N2NC(=O)c2ccc(N)cc2)cc(Br)c1O. The Labute approximate surface area is 162 Å². The van der Waals surface area contributed by atoms with Gasteiger partial charge in [0, 0.05) is 11.3 Å². The Morgan fingerprint density at radius 1 is 1.35 bits per heavy atom. The zero-order valence-electron chi connectivity index (χ0n) is 13.6. The van der Waals surface area contributed by atoms with E-state index in [0.717, 1.165) is 5.01 Å². The molecule has 1 saturated heterocycles. The molecule has 136 valence electrons. The summed E-state index contributed by atoms with van der Waals surface area (Å²) in [4.78, 5) is 24.5. The molecule has 7 nitrogen and oxygen atoms in total. The molecule has 2 aromatic carbocycles. The largest absolute Gasteiger partial charge is 0.503 e. The van der Waals surface area contributed by atoms with Crippen LogP contribution in [0.3, 0.4) is 0 Å². The smallest absolute Gasteiger partial charge is 0.269 e. The number of rotatable bonds is 4. The average Bonchev–Trinajstić information content (AvgIpc) is 2.63. The number of ether oxygens (including phenoxy) is 1. The summed E-state index contributed by atoms with van der Waals surface area (Å²) in [6.07, 6.45) is 0. The zero-order valence-corrected chi connectivity index (χ0v) is 15.9. The summed E-state index contributed by atoms with van der Waals surface area (Å²) in [5, 5.41) is 10.2. The van der Waals surface area contributed by atoms with Gasteiger partial charge in [0.2, 0.25) is 0 Å². The molecule has 0 bridgehead atoms. The number of halogens is 2. The van der Waals surface area contributed by atoms with E-state index < -0.39 is 23.2 Å². The second-order valence-electron chi connectivity index (χ2n) is 5.67. The maximum atomic E-state index is 12.4. The Hall–Kier alpha value is -2.45. The first-order chi connectivity index (χ1) is 12.3. The van der Waals surface area contributed by atoms with Crippen molar-refractivity contribution in [3.63, 3.8) is 0 Å². The van der Waals surface area contributed by atoms with Crippen LogP contribution in [-0.4, -0.2) is 34.4 Å². The highest BCUT2D eigenvalue weighted by atomic mass is 79.9. The molecule has 0 radical (unpaired) electrons. The summed E-state index contributed by atoms with van der Waals surface area (Å²) in [6, 6.07) is 8.88. The number of aromatic hydroxyl groups is 1. The molecule has 1 fully saturated rings. The predicted molar refractivity (Wildman–Crippen MR) is 99.9 cm³/mol. The van der Waals surface area contributed by atoms with Crippen molar-refractivity contribution in [3.05, 3.63) is 52.0 Å². The summed E-state index contributed by atoms with van der Waals surface area (Å²) in [7, 11) is 1.41. The number of benzene rings is 2. The highest BCUT2D eigenvalue weighted by Gasteiger charge is 2.48. The Morgan fingerprint density at radius 3 is 2.62 bits per heavy atom. The number of hydrogen-bond acceptors (Lipinski definition) is 5. The molecule has 0 aromatic heterocycles. The average molecular weight is 441 g/mol. The number of alkyl halides is 1.